The van der Waals surface area contributed by atoms with Gasteiger partial charge < -0.3 is 89.9 Å². The molecule has 0 saturated carbocycles. The zero-order valence-electron chi connectivity index (χ0n) is 56.7. The summed E-state index contributed by atoms with van der Waals surface area (Å²) < 4.78 is 34.4. The summed E-state index contributed by atoms with van der Waals surface area (Å²) in [5.74, 6) is -0.255. The first-order valence-electron chi connectivity index (χ1n) is 36.0. The molecule has 19 heteroatoms. The lowest BCUT2D eigenvalue weighted by molar-refractivity contribution is -0.379. The molecule has 19 nitrogen and oxygen atoms in total. The lowest BCUT2D eigenvalue weighted by Gasteiger charge is -2.48. The van der Waals surface area contributed by atoms with Crippen molar-refractivity contribution in [2.45, 2.75) is 336 Å². The Labute approximate surface area is 558 Å². The van der Waals surface area contributed by atoms with Crippen molar-refractivity contribution in [3.8, 4) is 0 Å². The minimum atomic E-state index is -1.98. The zero-order valence-corrected chi connectivity index (χ0v) is 56.7. The molecule has 0 aromatic carbocycles. The van der Waals surface area contributed by atoms with Crippen LogP contribution in [0.3, 0.4) is 0 Å². The number of amides is 1. The fraction of sp³-hybridized carbons (Fsp3) is 0.770. The van der Waals surface area contributed by atoms with Crippen molar-refractivity contribution in [2.75, 3.05) is 26.4 Å². The molecule has 0 radical (unpaired) electrons. The number of nitrogens with one attached hydrogen (secondary N) is 1. The average molecular weight is 1320 g/mol. The van der Waals surface area contributed by atoms with Crippen LogP contribution in [0, 0.1) is 0 Å². The summed E-state index contributed by atoms with van der Waals surface area (Å²) in [6.45, 7) is 1.67. The highest BCUT2D eigenvalue weighted by Gasteiger charge is 2.53. The Kier molecular flexibility index (Phi) is 49.4. The molecular formula is C74H127NO18. The van der Waals surface area contributed by atoms with Gasteiger partial charge in [-0.3, -0.25) is 4.79 Å². The largest absolute Gasteiger partial charge is 0.394 e. The second-order valence-electron chi connectivity index (χ2n) is 25.3. The van der Waals surface area contributed by atoms with Crippen molar-refractivity contribution in [2.24, 2.45) is 0 Å². The maximum absolute atomic E-state index is 13.4. The van der Waals surface area contributed by atoms with Crippen LogP contribution in [0.2, 0.25) is 0 Å². The van der Waals surface area contributed by atoms with Crippen molar-refractivity contribution in [3.05, 3.63) is 97.2 Å². The van der Waals surface area contributed by atoms with Crippen LogP contribution in [0.25, 0.3) is 0 Å². The zero-order chi connectivity index (χ0) is 67.5. The van der Waals surface area contributed by atoms with E-state index >= 15 is 0 Å². The van der Waals surface area contributed by atoms with E-state index in [0.717, 1.165) is 116 Å². The smallest absolute Gasteiger partial charge is 0.220 e. The molecule has 3 aliphatic rings. The third kappa shape index (κ3) is 36.2. The maximum atomic E-state index is 13.4. The van der Waals surface area contributed by atoms with E-state index in [9.17, 15) is 61.0 Å². The topological polar surface area (TPSA) is 307 Å². The molecule has 0 aliphatic carbocycles. The lowest BCUT2D eigenvalue weighted by Crippen LogP contribution is -2.66. The van der Waals surface area contributed by atoms with Crippen molar-refractivity contribution < 1.29 is 89.4 Å². The summed E-state index contributed by atoms with van der Waals surface area (Å²) >= 11 is 0. The molecule has 536 valence electrons. The average Bonchev–Trinajstić information content (AvgIpc) is 0.902. The van der Waals surface area contributed by atoms with Crippen LogP contribution in [0.1, 0.15) is 232 Å². The summed E-state index contributed by atoms with van der Waals surface area (Å²) in [6.07, 6.45) is 44.8. The molecule has 3 saturated heterocycles. The number of allylic oxidation sites excluding steroid dienone is 16. The van der Waals surface area contributed by atoms with Crippen LogP contribution < -0.4 is 5.32 Å². The third-order valence-corrected chi connectivity index (χ3v) is 17.4. The molecule has 0 spiro atoms. The number of hydrogen-bond acceptors (Lipinski definition) is 18. The number of rotatable bonds is 54. The first-order valence-corrected chi connectivity index (χ1v) is 36.0. The van der Waals surface area contributed by atoms with Gasteiger partial charge in [-0.2, -0.15) is 0 Å². The Hall–Kier alpha value is -3.29. The SMILES string of the molecule is CC/C=C\C/C=C\C/C=C\C/C=C\C/C=C\C/C=C\C/C=C\C/C=C\CCCCCCCCCCC(=O)NC(COC1OC(CO)C(OC2OC(CO)C(OC3OC(CO)C(O)C(O)C3O)C(O)C2O)C(O)C1O)C(O)CCCCCCCCCCCCCCCCC. The van der Waals surface area contributed by atoms with Crippen LogP contribution in [-0.4, -0.2) is 193 Å². The van der Waals surface area contributed by atoms with Gasteiger partial charge in [-0.25, -0.2) is 0 Å². The molecule has 3 rings (SSSR count). The van der Waals surface area contributed by atoms with Gasteiger partial charge in [0.1, 0.15) is 73.2 Å². The Morgan fingerprint density at radius 1 is 0.398 bits per heavy atom. The molecule has 17 atom stereocenters. The van der Waals surface area contributed by atoms with E-state index < -0.39 is 124 Å². The molecule has 93 heavy (non-hydrogen) atoms. The quantitative estimate of drug-likeness (QED) is 0.0199. The number of carbonyl (C=O) groups excluding carboxylic acids is 1. The highest BCUT2D eigenvalue weighted by atomic mass is 16.8. The number of aliphatic hydroxyl groups excluding tert-OH is 11. The van der Waals surface area contributed by atoms with Gasteiger partial charge in [0.25, 0.3) is 0 Å². The Morgan fingerprint density at radius 2 is 0.742 bits per heavy atom. The Morgan fingerprint density at radius 3 is 1.16 bits per heavy atom. The molecular weight excluding hydrogens is 1190 g/mol. The first kappa shape index (κ1) is 83.9. The number of ether oxygens (including phenoxy) is 6. The number of hydrogen-bond donors (Lipinski definition) is 12. The molecule has 3 aliphatic heterocycles. The van der Waals surface area contributed by atoms with Crippen LogP contribution in [0.4, 0.5) is 0 Å². The number of aliphatic hydroxyl groups is 11. The van der Waals surface area contributed by atoms with Crippen LogP contribution in [-0.2, 0) is 33.2 Å². The van der Waals surface area contributed by atoms with E-state index in [-0.39, 0.29) is 18.9 Å². The summed E-state index contributed by atoms with van der Waals surface area (Å²) in [5.41, 5.74) is 0. The fourth-order valence-electron chi connectivity index (χ4n) is 11.6. The standard InChI is InChI=1S/C74H127NO18/c1-3-5-7-9-11-13-15-17-19-20-21-22-23-24-25-26-27-28-29-30-31-32-33-34-35-36-38-40-42-44-46-48-50-52-62(80)75-57(58(79)51-49-47-45-43-41-39-37-18-16-14-12-10-8-6-4-2)56-88-72-68(86)65(83)70(60(54-77)90-72)93-74-69(87)66(84)71(61(55-78)91-74)92-73-67(85)64(82)63(81)59(53-76)89-73/h5,7,11,13,17,19,21-22,24-25,27-28,30-31,33-34,57-61,63-74,76-79,81-87H,3-4,6,8-10,12,14-16,18,20,23,26,29,32,35-56H2,1-2H3,(H,75,80)/b7-5-,13-11-,19-17-,22-21-,25-24-,28-27-,31-30-,34-33-. The van der Waals surface area contributed by atoms with Crippen LogP contribution >= 0.6 is 0 Å². The van der Waals surface area contributed by atoms with Gasteiger partial charge in [0, 0.05) is 6.42 Å². The molecule has 3 heterocycles. The van der Waals surface area contributed by atoms with Gasteiger partial charge in [-0.15, -0.1) is 0 Å². The monoisotopic (exact) mass is 1320 g/mol. The van der Waals surface area contributed by atoms with Crippen LogP contribution in [0.15, 0.2) is 97.2 Å². The lowest BCUT2D eigenvalue weighted by atomic mass is 9.96. The van der Waals surface area contributed by atoms with E-state index in [0.29, 0.717) is 12.8 Å². The van der Waals surface area contributed by atoms with Gasteiger partial charge in [-0.1, -0.05) is 246 Å². The van der Waals surface area contributed by atoms with Crippen molar-refractivity contribution in [1.29, 1.82) is 0 Å². The predicted octanol–water partition coefficient (Wildman–Crippen LogP) is 10.0. The Balaban J connectivity index is 1.38. The van der Waals surface area contributed by atoms with E-state index in [1.165, 1.54) is 83.5 Å². The van der Waals surface area contributed by atoms with Gasteiger partial charge >= 0.3 is 0 Å². The second kappa shape index (κ2) is 54.7. The molecule has 17 unspecified atom stereocenters. The van der Waals surface area contributed by atoms with E-state index in [1.807, 2.05) is 0 Å². The summed E-state index contributed by atoms with van der Waals surface area (Å²) in [7, 11) is 0. The van der Waals surface area contributed by atoms with E-state index in [2.05, 4.69) is 116 Å². The van der Waals surface area contributed by atoms with Gasteiger partial charge in [-0.05, 0) is 77.0 Å². The van der Waals surface area contributed by atoms with Crippen molar-refractivity contribution >= 4 is 5.91 Å². The van der Waals surface area contributed by atoms with Crippen molar-refractivity contribution in [3.63, 3.8) is 0 Å². The fourth-order valence-corrected chi connectivity index (χ4v) is 11.6. The highest BCUT2D eigenvalue weighted by Crippen LogP contribution is 2.33. The molecule has 0 aromatic heterocycles. The molecule has 0 aromatic rings. The normalized spacial score (nSPS) is 28.1. The van der Waals surface area contributed by atoms with E-state index in [1.54, 1.807) is 0 Å². The second-order valence-corrected chi connectivity index (χ2v) is 25.3. The van der Waals surface area contributed by atoms with E-state index in [4.69, 9.17) is 28.4 Å². The molecule has 1 amide bonds. The van der Waals surface area contributed by atoms with Gasteiger partial charge in [0.2, 0.25) is 5.91 Å². The van der Waals surface area contributed by atoms with Gasteiger partial charge in [0.05, 0.1) is 38.6 Å². The number of carbonyl (C=O) groups is 1. The molecule has 12 N–H and O–H groups in total. The molecule has 3 fully saturated rings. The van der Waals surface area contributed by atoms with Crippen molar-refractivity contribution in [1.82, 2.24) is 5.32 Å². The Bertz CT molecular complexity index is 2060. The first-order chi connectivity index (χ1) is 45.3. The highest BCUT2D eigenvalue weighted by molar-refractivity contribution is 5.76. The minimum absolute atomic E-state index is 0.251. The minimum Gasteiger partial charge on any atom is -0.394 e. The molecule has 0 bridgehead atoms. The predicted molar refractivity (Wildman–Crippen MR) is 364 cm³/mol. The third-order valence-electron chi connectivity index (χ3n) is 17.4. The summed E-state index contributed by atoms with van der Waals surface area (Å²) in [5, 5.41) is 121. The summed E-state index contributed by atoms with van der Waals surface area (Å²) in [4.78, 5) is 13.4. The van der Waals surface area contributed by atoms with Crippen LogP contribution in [0.5, 0.6) is 0 Å². The van der Waals surface area contributed by atoms with Gasteiger partial charge in [0.15, 0.2) is 18.9 Å². The number of unbranched alkanes of at least 4 members (excludes halogenated alkanes) is 22. The summed E-state index contributed by atoms with van der Waals surface area (Å²) in [6, 6.07) is -0.898. The maximum Gasteiger partial charge on any atom is 0.220 e.